The van der Waals surface area contributed by atoms with Gasteiger partial charge < -0.3 is 33.8 Å². The van der Waals surface area contributed by atoms with Gasteiger partial charge in [0.2, 0.25) is 0 Å². The third-order valence-electron chi connectivity index (χ3n) is 20.6. The number of rotatable bonds is 83. The monoisotopic (exact) mass is 1520 g/mol. The number of hydrogen-bond donors (Lipinski definition) is 3. The molecule has 4 unspecified atom stereocenters. The molecule has 0 amide bonds. The Morgan fingerprint density at radius 3 is 0.731 bits per heavy atom. The molecule has 618 valence electrons. The molecule has 0 aromatic heterocycles. The van der Waals surface area contributed by atoms with Crippen LogP contribution in [0.4, 0.5) is 0 Å². The maximum absolute atomic E-state index is 13.1. The molecule has 0 aromatic rings. The zero-order valence-corrected chi connectivity index (χ0v) is 70.3. The number of phosphoric ester groups is 2. The number of ether oxygens (including phenoxy) is 4. The lowest BCUT2D eigenvalue weighted by atomic mass is 9.99. The molecule has 0 saturated carbocycles. The van der Waals surface area contributed by atoms with Gasteiger partial charge in [-0.25, -0.2) is 9.13 Å². The zero-order valence-electron chi connectivity index (χ0n) is 68.5. The lowest BCUT2D eigenvalue weighted by Gasteiger charge is -2.21. The summed E-state index contributed by atoms with van der Waals surface area (Å²) in [6.07, 6.45) is 65.3. The van der Waals surface area contributed by atoms with Crippen LogP contribution in [0, 0.1) is 17.8 Å². The highest BCUT2D eigenvalue weighted by atomic mass is 31.2. The molecule has 0 radical (unpaired) electrons. The normalized spacial score (nSPS) is 14.4. The first-order valence-electron chi connectivity index (χ1n) is 43.9. The fourth-order valence-corrected chi connectivity index (χ4v) is 14.7. The van der Waals surface area contributed by atoms with Gasteiger partial charge in [0.1, 0.15) is 19.3 Å². The molecule has 0 rings (SSSR count). The summed E-state index contributed by atoms with van der Waals surface area (Å²) in [5, 5.41) is 10.7. The molecular weight excluding hydrogens is 1350 g/mol. The van der Waals surface area contributed by atoms with Crippen LogP contribution in [0.1, 0.15) is 447 Å². The average Bonchev–Trinajstić information content (AvgIpc) is 0.945. The van der Waals surface area contributed by atoms with Crippen molar-refractivity contribution < 1.29 is 80.2 Å². The van der Waals surface area contributed by atoms with E-state index >= 15 is 0 Å². The first kappa shape index (κ1) is 102. The first-order chi connectivity index (χ1) is 50.3. The lowest BCUT2D eigenvalue weighted by Crippen LogP contribution is -2.30. The molecule has 0 aliphatic rings. The van der Waals surface area contributed by atoms with E-state index in [9.17, 15) is 43.2 Å². The Balaban J connectivity index is 5.24. The third-order valence-corrected chi connectivity index (χ3v) is 22.5. The van der Waals surface area contributed by atoms with E-state index in [1.54, 1.807) is 0 Å². The number of unbranched alkanes of at least 4 members (excludes halogenated alkanes) is 49. The summed E-state index contributed by atoms with van der Waals surface area (Å²) in [5.74, 6) is 0.249. The van der Waals surface area contributed by atoms with Crippen molar-refractivity contribution in [3.05, 3.63) is 0 Å². The zero-order chi connectivity index (χ0) is 76.5. The highest BCUT2D eigenvalue weighted by Gasteiger charge is 2.30. The van der Waals surface area contributed by atoms with Gasteiger partial charge in [0.25, 0.3) is 0 Å². The second-order valence-electron chi connectivity index (χ2n) is 31.5. The summed E-state index contributed by atoms with van der Waals surface area (Å²) in [6.45, 7) is 12.0. The standard InChI is InChI=1S/C85H166O17P2/c1-8-11-12-13-14-15-16-17-18-19-20-21-22-23-24-29-35-40-45-54-61-68-84(89)101-80(72-95-82(87)66-59-52-44-39-34-28-26-25-27-33-38-43-50-57-64-77(6)9-2)74-99-103(91,92)97-70-79(86)71-98-104(93,94)100-75-81(73-96-83(88)67-60-53-48-47-51-58-65-78(7)10-3)102-85(90)69-62-55-46-41-36-31-30-32-37-42-49-56-63-76(4)5/h76-81,86H,8-75H2,1-7H3,(H,91,92)(H,93,94)/t77?,78?,79-,80-,81-/m1/s1. The van der Waals surface area contributed by atoms with Crippen molar-refractivity contribution >= 4 is 39.5 Å². The Labute approximate surface area is 638 Å². The highest BCUT2D eigenvalue weighted by Crippen LogP contribution is 2.45. The van der Waals surface area contributed by atoms with E-state index in [-0.39, 0.29) is 25.7 Å². The van der Waals surface area contributed by atoms with Crippen LogP contribution in [0.15, 0.2) is 0 Å². The van der Waals surface area contributed by atoms with Gasteiger partial charge in [-0.3, -0.25) is 37.3 Å². The number of aliphatic hydroxyl groups excluding tert-OH is 1. The van der Waals surface area contributed by atoms with Crippen molar-refractivity contribution in [2.75, 3.05) is 39.6 Å². The largest absolute Gasteiger partial charge is 0.472 e. The second kappa shape index (κ2) is 75.1. The van der Waals surface area contributed by atoms with Crippen molar-refractivity contribution in [2.45, 2.75) is 465 Å². The van der Waals surface area contributed by atoms with Gasteiger partial charge in [0, 0.05) is 25.7 Å². The highest BCUT2D eigenvalue weighted by molar-refractivity contribution is 7.47. The van der Waals surface area contributed by atoms with E-state index in [0.29, 0.717) is 25.7 Å². The summed E-state index contributed by atoms with van der Waals surface area (Å²) in [4.78, 5) is 73.2. The Morgan fingerprint density at radius 2 is 0.490 bits per heavy atom. The smallest absolute Gasteiger partial charge is 0.462 e. The third kappa shape index (κ3) is 75.5. The Morgan fingerprint density at radius 1 is 0.279 bits per heavy atom. The summed E-state index contributed by atoms with van der Waals surface area (Å²) < 4.78 is 68.8. The number of aliphatic hydroxyl groups is 1. The molecule has 17 nitrogen and oxygen atoms in total. The minimum absolute atomic E-state index is 0.106. The SMILES string of the molecule is CCCCCCCCCCCCCCCCCCCCCCCC(=O)O[C@H](COC(=O)CCCCCCCCCCCCCCCCC(C)CC)COP(=O)(O)OC[C@@H](O)COP(=O)(O)OC[C@@H](COC(=O)CCCCCCCCC(C)CC)OC(=O)CCCCCCCCCCCCCCC(C)C. The summed E-state index contributed by atoms with van der Waals surface area (Å²) in [6, 6.07) is 0. The molecule has 0 spiro atoms. The summed E-state index contributed by atoms with van der Waals surface area (Å²) in [5.41, 5.74) is 0. The van der Waals surface area contributed by atoms with Crippen LogP contribution in [0.5, 0.6) is 0 Å². The molecule has 19 heteroatoms. The van der Waals surface area contributed by atoms with E-state index in [1.165, 1.54) is 250 Å². The number of carbonyl (C=O) groups is 4. The van der Waals surface area contributed by atoms with Crippen LogP contribution in [-0.2, 0) is 65.4 Å². The van der Waals surface area contributed by atoms with Gasteiger partial charge >= 0.3 is 39.5 Å². The molecular formula is C85H166O17P2. The quantitative estimate of drug-likeness (QED) is 0.0222. The molecule has 0 heterocycles. The Hall–Kier alpha value is -1.94. The van der Waals surface area contributed by atoms with Crippen molar-refractivity contribution in [1.29, 1.82) is 0 Å². The van der Waals surface area contributed by atoms with Crippen molar-refractivity contribution in [3.63, 3.8) is 0 Å². The molecule has 0 bridgehead atoms. The maximum atomic E-state index is 13.1. The van der Waals surface area contributed by atoms with Crippen molar-refractivity contribution in [3.8, 4) is 0 Å². The second-order valence-corrected chi connectivity index (χ2v) is 34.4. The molecule has 0 fully saturated rings. The molecule has 3 N–H and O–H groups in total. The number of hydrogen-bond acceptors (Lipinski definition) is 15. The Bertz CT molecular complexity index is 2010. The van der Waals surface area contributed by atoms with Crippen molar-refractivity contribution in [2.24, 2.45) is 17.8 Å². The van der Waals surface area contributed by atoms with E-state index in [4.69, 9.17) is 37.0 Å². The Kier molecular flexibility index (Phi) is 73.7. The predicted octanol–water partition coefficient (Wildman–Crippen LogP) is 25.7. The van der Waals surface area contributed by atoms with Gasteiger partial charge in [-0.15, -0.1) is 0 Å². The van der Waals surface area contributed by atoms with Gasteiger partial charge in [-0.2, -0.15) is 0 Å². The van der Waals surface area contributed by atoms with E-state index < -0.39 is 97.5 Å². The van der Waals surface area contributed by atoms with Gasteiger partial charge in [-0.1, -0.05) is 395 Å². The maximum Gasteiger partial charge on any atom is 0.472 e. The minimum Gasteiger partial charge on any atom is -0.462 e. The molecule has 7 atom stereocenters. The van der Waals surface area contributed by atoms with Gasteiger partial charge in [0.05, 0.1) is 26.4 Å². The number of carbonyl (C=O) groups excluding carboxylic acids is 4. The first-order valence-corrected chi connectivity index (χ1v) is 46.9. The fourth-order valence-electron chi connectivity index (χ4n) is 13.1. The van der Waals surface area contributed by atoms with Crippen LogP contribution in [0.25, 0.3) is 0 Å². The topological polar surface area (TPSA) is 237 Å². The van der Waals surface area contributed by atoms with E-state index in [0.717, 1.165) is 114 Å². The molecule has 0 aliphatic carbocycles. The molecule has 104 heavy (non-hydrogen) atoms. The minimum atomic E-state index is -4.97. The predicted molar refractivity (Wildman–Crippen MR) is 428 cm³/mol. The van der Waals surface area contributed by atoms with E-state index in [2.05, 4.69) is 48.5 Å². The lowest BCUT2D eigenvalue weighted by molar-refractivity contribution is -0.161. The molecule has 0 saturated heterocycles. The van der Waals surface area contributed by atoms with Crippen LogP contribution < -0.4 is 0 Å². The van der Waals surface area contributed by atoms with Crippen LogP contribution in [0.3, 0.4) is 0 Å². The van der Waals surface area contributed by atoms with Crippen LogP contribution >= 0.6 is 15.6 Å². The summed E-state index contributed by atoms with van der Waals surface area (Å²) in [7, 11) is -9.93. The molecule has 0 aromatic carbocycles. The number of esters is 4. The average molecular weight is 1520 g/mol. The summed E-state index contributed by atoms with van der Waals surface area (Å²) >= 11 is 0. The van der Waals surface area contributed by atoms with Gasteiger partial charge in [0.15, 0.2) is 12.2 Å². The van der Waals surface area contributed by atoms with Gasteiger partial charge in [-0.05, 0) is 43.4 Å². The van der Waals surface area contributed by atoms with Crippen LogP contribution in [0.2, 0.25) is 0 Å². The molecule has 0 aliphatic heterocycles. The number of phosphoric acid groups is 2. The van der Waals surface area contributed by atoms with E-state index in [1.807, 2.05) is 0 Å². The fraction of sp³-hybridized carbons (Fsp3) is 0.953. The van der Waals surface area contributed by atoms with Crippen molar-refractivity contribution in [1.82, 2.24) is 0 Å². The van der Waals surface area contributed by atoms with Crippen LogP contribution in [-0.4, -0.2) is 96.7 Å².